The van der Waals surface area contributed by atoms with Crippen molar-refractivity contribution in [2.75, 3.05) is 7.05 Å². The normalized spacial score (nSPS) is 12.7. The van der Waals surface area contributed by atoms with E-state index in [0.717, 1.165) is 5.69 Å². The van der Waals surface area contributed by atoms with Crippen LogP contribution in [0.5, 0.6) is 0 Å². The average molecular weight is 236 g/mol. The van der Waals surface area contributed by atoms with Gasteiger partial charge in [-0.1, -0.05) is 17.7 Å². The van der Waals surface area contributed by atoms with Crippen LogP contribution < -0.4 is 5.32 Å². The monoisotopic (exact) mass is 235 g/mol. The summed E-state index contributed by atoms with van der Waals surface area (Å²) in [7, 11) is 1.93. The molecule has 1 unspecified atom stereocenters. The van der Waals surface area contributed by atoms with Crippen LogP contribution in [-0.2, 0) is 0 Å². The van der Waals surface area contributed by atoms with Crippen LogP contribution in [0.15, 0.2) is 36.7 Å². The van der Waals surface area contributed by atoms with Gasteiger partial charge in [0, 0.05) is 18.4 Å². The van der Waals surface area contributed by atoms with E-state index in [4.69, 9.17) is 11.6 Å². The standard InChI is InChI=1S/C12H14ClN3/c1-9(14-2)10-4-5-12(11(13)8-10)16-7-3-6-15-16/h3-9,14H,1-2H3. The van der Waals surface area contributed by atoms with Gasteiger partial charge in [0.2, 0.25) is 0 Å². The molecule has 16 heavy (non-hydrogen) atoms. The largest absolute Gasteiger partial charge is 0.313 e. The number of nitrogens with one attached hydrogen (secondary N) is 1. The Labute approximate surface area is 100 Å². The van der Waals surface area contributed by atoms with Crippen molar-refractivity contribution in [2.45, 2.75) is 13.0 Å². The van der Waals surface area contributed by atoms with Crippen LogP contribution in [0.25, 0.3) is 5.69 Å². The van der Waals surface area contributed by atoms with E-state index in [1.807, 2.05) is 31.4 Å². The number of rotatable bonds is 3. The molecule has 0 spiro atoms. The van der Waals surface area contributed by atoms with Crippen LogP contribution in [0, 0.1) is 0 Å². The van der Waals surface area contributed by atoms with E-state index in [9.17, 15) is 0 Å². The van der Waals surface area contributed by atoms with Crippen LogP contribution in [0.4, 0.5) is 0 Å². The van der Waals surface area contributed by atoms with E-state index < -0.39 is 0 Å². The summed E-state index contributed by atoms with van der Waals surface area (Å²) in [6.45, 7) is 2.10. The lowest BCUT2D eigenvalue weighted by Gasteiger charge is -2.12. The van der Waals surface area contributed by atoms with Gasteiger partial charge in [-0.05, 0) is 37.7 Å². The molecule has 2 rings (SSSR count). The van der Waals surface area contributed by atoms with Crippen LogP contribution in [0.1, 0.15) is 18.5 Å². The molecule has 1 atom stereocenters. The molecule has 0 aliphatic heterocycles. The summed E-state index contributed by atoms with van der Waals surface area (Å²) in [6.07, 6.45) is 3.61. The summed E-state index contributed by atoms with van der Waals surface area (Å²) in [5.41, 5.74) is 2.07. The van der Waals surface area contributed by atoms with Crippen LogP contribution in [0.3, 0.4) is 0 Å². The molecule has 3 nitrogen and oxygen atoms in total. The first kappa shape index (κ1) is 11.2. The fourth-order valence-electron chi connectivity index (χ4n) is 1.56. The van der Waals surface area contributed by atoms with E-state index >= 15 is 0 Å². The van der Waals surface area contributed by atoms with E-state index in [2.05, 4.69) is 23.4 Å². The van der Waals surface area contributed by atoms with Gasteiger partial charge in [-0.3, -0.25) is 0 Å². The maximum Gasteiger partial charge on any atom is 0.0831 e. The van der Waals surface area contributed by atoms with E-state index in [0.29, 0.717) is 11.1 Å². The highest BCUT2D eigenvalue weighted by Gasteiger charge is 2.07. The summed E-state index contributed by atoms with van der Waals surface area (Å²) in [6, 6.07) is 8.19. The Morgan fingerprint density at radius 2 is 2.25 bits per heavy atom. The van der Waals surface area contributed by atoms with Gasteiger partial charge in [0.25, 0.3) is 0 Å². The van der Waals surface area contributed by atoms with Crippen molar-refractivity contribution in [1.82, 2.24) is 15.1 Å². The highest BCUT2D eigenvalue weighted by Crippen LogP contribution is 2.24. The van der Waals surface area contributed by atoms with Gasteiger partial charge in [0.15, 0.2) is 0 Å². The number of halogens is 1. The Bertz CT molecular complexity index is 465. The van der Waals surface area contributed by atoms with Crippen molar-refractivity contribution in [2.24, 2.45) is 0 Å². The molecule has 1 aromatic carbocycles. The molecule has 0 saturated heterocycles. The Hall–Kier alpha value is -1.32. The second-order valence-corrected chi connectivity index (χ2v) is 4.08. The summed E-state index contributed by atoms with van der Waals surface area (Å²) in [5, 5.41) is 8.05. The third-order valence-electron chi connectivity index (χ3n) is 2.66. The molecule has 84 valence electrons. The fourth-order valence-corrected chi connectivity index (χ4v) is 1.83. The molecular formula is C12H14ClN3. The number of nitrogens with zero attached hydrogens (tertiary/aromatic N) is 2. The summed E-state index contributed by atoms with van der Waals surface area (Å²) in [5.74, 6) is 0. The molecule has 0 bridgehead atoms. The molecule has 0 fully saturated rings. The van der Waals surface area contributed by atoms with Crippen molar-refractivity contribution in [3.63, 3.8) is 0 Å². The minimum atomic E-state index is 0.296. The van der Waals surface area contributed by atoms with Gasteiger partial charge in [0.1, 0.15) is 0 Å². The van der Waals surface area contributed by atoms with Crippen LogP contribution >= 0.6 is 11.6 Å². The number of hydrogen-bond donors (Lipinski definition) is 1. The molecule has 1 aromatic heterocycles. The van der Waals surface area contributed by atoms with Gasteiger partial charge in [-0.25, -0.2) is 4.68 Å². The Morgan fingerprint density at radius 1 is 1.44 bits per heavy atom. The summed E-state index contributed by atoms with van der Waals surface area (Å²) < 4.78 is 1.76. The zero-order chi connectivity index (χ0) is 11.5. The number of hydrogen-bond acceptors (Lipinski definition) is 2. The molecule has 2 aromatic rings. The van der Waals surface area contributed by atoms with E-state index in [-0.39, 0.29) is 0 Å². The first-order valence-corrected chi connectivity index (χ1v) is 5.57. The average Bonchev–Trinajstić information content (AvgIpc) is 2.81. The molecule has 0 saturated carbocycles. The Morgan fingerprint density at radius 3 is 2.81 bits per heavy atom. The van der Waals surface area contributed by atoms with Gasteiger partial charge >= 0.3 is 0 Å². The lowest BCUT2D eigenvalue weighted by Crippen LogP contribution is -2.12. The van der Waals surface area contributed by atoms with Gasteiger partial charge in [-0.2, -0.15) is 5.10 Å². The summed E-state index contributed by atoms with van der Waals surface area (Å²) in [4.78, 5) is 0. The molecule has 0 amide bonds. The second-order valence-electron chi connectivity index (χ2n) is 3.67. The van der Waals surface area contributed by atoms with Crippen molar-refractivity contribution in [1.29, 1.82) is 0 Å². The molecule has 0 aliphatic carbocycles. The lowest BCUT2D eigenvalue weighted by atomic mass is 10.1. The third-order valence-corrected chi connectivity index (χ3v) is 2.96. The molecule has 1 N–H and O–H groups in total. The lowest BCUT2D eigenvalue weighted by molar-refractivity contribution is 0.652. The van der Waals surface area contributed by atoms with E-state index in [1.165, 1.54) is 5.56 Å². The smallest absolute Gasteiger partial charge is 0.0831 e. The minimum Gasteiger partial charge on any atom is -0.313 e. The highest BCUT2D eigenvalue weighted by atomic mass is 35.5. The predicted molar refractivity (Wildman–Crippen MR) is 66.0 cm³/mol. The summed E-state index contributed by atoms with van der Waals surface area (Å²) >= 11 is 6.23. The highest BCUT2D eigenvalue weighted by molar-refractivity contribution is 6.32. The zero-order valence-corrected chi connectivity index (χ0v) is 10.1. The Kier molecular flexibility index (Phi) is 3.27. The quantitative estimate of drug-likeness (QED) is 0.887. The SMILES string of the molecule is CNC(C)c1ccc(-n2cccn2)c(Cl)c1. The molecule has 4 heteroatoms. The maximum absolute atomic E-state index is 6.23. The molecule has 0 aliphatic rings. The Balaban J connectivity index is 2.37. The first-order chi connectivity index (χ1) is 7.72. The predicted octanol–water partition coefficient (Wildman–Crippen LogP) is 2.81. The first-order valence-electron chi connectivity index (χ1n) is 5.19. The van der Waals surface area contributed by atoms with Crippen molar-refractivity contribution in [3.8, 4) is 5.69 Å². The van der Waals surface area contributed by atoms with Crippen molar-refractivity contribution in [3.05, 3.63) is 47.2 Å². The van der Waals surface area contributed by atoms with Gasteiger partial charge < -0.3 is 5.32 Å². The van der Waals surface area contributed by atoms with Gasteiger partial charge in [-0.15, -0.1) is 0 Å². The van der Waals surface area contributed by atoms with Crippen molar-refractivity contribution >= 4 is 11.6 Å². The van der Waals surface area contributed by atoms with Gasteiger partial charge in [0.05, 0.1) is 10.7 Å². The maximum atomic E-state index is 6.23. The number of aromatic nitrogens is 2. The third kappa shape index (κ3) is 2.10. The topological polar surface area (TPSA) is 29.9 Å². The van der Waals surface area contributed by atoms with Crippen molar-refractivity contribution < 1.29 is 0 Å². The van der Waals surface area contributed by atoms with E-state index in [1.54, 1.807) is 10.9 Å². The second kappa shape index (κ2) is 4.68. The van der Waals surface area contributed by atoms with Crippen LogP contribution in [-0.4, -0.2) is 16.8 Å². The molecule has 1 heterocycles. The molecule has 0 radical (unpaired) electrons. The van der Waals surface area contributed by atoms with Crippen LogP contribution in [0.2, 0.25) is 5.02 Å². The fraction of sp³-hybridized carbons (Fsp3) is 0.250. The molecular weight excluding hydrogens is 222 g/mol. The minimum absolute atomic E-state index is 0.296. The number of benzene rings is 1. The zero-order valence-electron chi connectivity index (χ0n) is 9.31.